The van der Waals surface area contributed by atoms with E-state index in [1.165, 1.54) is 24.3 Å². The number of likely N-dealkylation sites (tertiary alicyclic amines) is 1. The summed E-state index contributed by atoms with van der Waals surface area (Å²) in [6, 6.07) is 5.64. The maximum atomic E-state index is 14.1. The largest absolute Gasteiger partial charge is 0.444 e. The fourth-order valence-electron chi connectivity index (χ4n) is 2.23. The van der Waals surface area contributed by atoms with Gasteiger partial charge in [-0.05, 0) is 39.8 Å². The molecule has 1 heterocycles. The fraction of sp³-hybridized carbons (Fsp3) is 0.562. The van der Waals surface area contributed by atoms with Gasteiger partial charge < -0.3 is 4.74 Å². The van der Waals surface area contributed by atoms with Crippen molar-refractivity contribution in [2.75, 3.05) is 13.1 Å². The number of halogens is 2. The highest BCUT2D eigenvalue weighted by atomic mass is 32.2. The lowest BCUT2D eigenvalue weighted by molar-refractivity contribution is -0.0603. The van der Waals surface area contributed by atoms with Gasteiger partial charge in [0.2, 0.25) is 0 Å². The molecule has 0 spiro atoms. The average molecular weight is 377 g/mol. The molecule has 2 rings (SSSR count). The summed E-state index contributed by atoms with van der Waals surface area (Å²) in [5.41, 5.74) is -0.0273. The van der Waals surface area contributed by atoms with E-state index in [2.05, 4.69) is 0 Å². The lowest BCUT2D eigenvalue weighted by Gasteiger charge is -2.24. The van der Waals surface area contributed by atoms with Crippen molar-refractivity contribution in [3.05, 3.63) is 29.8 Å². The normalized spacial score (nSPS) is 20.6. The zero-order valence-electron chi connectivity index (χ0n) is 14.5. The number of carbonyl (C=O) groups is 1. The first-order valence-electron chi connectivity index (χ1n) is 7.66. The Balaban J connectivity index is 2.14. The molecule has 1 atom stereocenters. The van der Waals surface area contributed by atoms with Crippen LogP contribution in [0.3, 0.4) is 0 Å². The van der Waals surface area contributed by atoms with Crippen LogP contribution in [0.15, 0.2) is 29.2 Å². The molecule has 1 aliphatic heterocycles. The third-order valence-electron chi connectivity index (χ3n) is 3.46. The fourth-order valence-corrected chi connectivity index (χ4v) is 3.32. The Labute approximate surface area is 145 Å². The monoisotopic (exact) mass is 377 g/mol. The van der Waals surface area contributed by atoms with Crippen LogP contribution in [0.2, 0.25) is 0 Å². The van der Waals surface area contributed by atoms with Crippen LogP contribution in [-0.2, 0) is 19.0 Å². The smallest absolute Gasteiger partial charge is 0.410 e. The van der Waals surface area contributed by atoms with Gasteiger partial charge in [-0.2, -0.15) is 8.42 Å². The molecule has 0 aliphatic carbocycles. The van der Waals surface area contributed by atoms with E-state index in [0.29, 0.717) is 0 Å². The molecule has 1 aromatic carbocycles. The summed E-state index contributed by atoms with van der Waals surface area (Å²) in [7, 11) is -4.37. The van der Waals surface area contributed by atoms with Crippen LogP contribution in [-0.4, -0.2) is 50.1 Å². The van der Waals surface area contributed by atoms with Crippen molar-refractivity contribution in [2.24, 2.45) is 0 Å². The van der Waals surface area contributed by atoms with Gasteiger partial charge in [0.15, 0.2) is 6.10 Å². The van der Waals surface area contributed by atoms with Crippen molar-refractivity contribution >= 4 is 16.2 Å². The Kier molecular flexibility index (Phi) is 5.11. The Bertz CT molecular complexity index is 741. The number of ether oxygens (including phenoxy) is 1. The third kappa shape index (κ3) is 4.88. The molecule has 0 aromatic heterocycles. The SMILES string of the molecule is Cc1ccc(S(=O)(=O)OC2CN(C(=O)OC(C)(C)C)CC2(F)F)cc1. The molecular formula is C16H21F2NO5S. The summed E-state index contributed by atoms with van der Waals surface area (Å²) in [4.78, 5) is 12.5. The Hall–Kier alpha value is -1.74. The second kappa shape index (κ2) is 6.53. The molecule has 0 radical (unpaired) electrons. The summed E-state index contributed by atoms with van der Waals surface area (Å²) in [6.45, 7) is 5.04. The van der Waals surface area contributed by atoms with Crippen molar-refractivity contribution in [3.8, 4) is 0 Å². The van der Waals surface area contributed by atoms with Crippen LogP contribution in [0.5, 0.6) is 0 Å². The van der Waals surface area contributed by atoms with Gasteiger partial charge in [-0.1, -0.05) is 17.7 Å². The molecule has 6 nitrogen and oxygen atoms in total. The highest BCUT2D eigenvalue weighted by molar-refractivity contribution is 7.86. The Morgan fingerprint density at radius 2 is 1.80 bits per heavy atom. The molecule has 1 aromatic rings. The number of nitrogens with zero attached hydrogens (tertiary/aromatic N) is 1. The third-order valence-corrected chi connectivity index (χ3v) is 4.80. The Morgan fingerprint density at radius 3 is 2.32 bits per heavy atom. The van der Waals surface area contributed by atoms with Crippen molar-refractivity contribution in [2.45, 2.75) is 50.2 Å². The van der Waals surface area contributed by atoms with Gasteiger partial charge in [-0.3, -0.25) is 9.08 Å². The van der Waals surface area contributed by atoms with Crippen LogP contribution in [0.25, 0.3) is 0 Å². The van der Waals surface area contributed by atoms with Crippen molar-refractivity contribution < 1.29 is 30.9 Å². The van der Waals surface area contributed by atoms with Gasteiger partial charge in [0.25, 0.3) is 16.0 Å². The second-order valence-electron chi connectivity index (χ2n) is 6.97. The number of carbonyl (C=O) groups excluding carboxylic acids is 1. The predicted octanol–water partition coefficient (Wildman–Crippen LogP) is 2.95. The molecule has 1 amide bonds. The molecule has 0 bridgehead atoms. The van der Waals surface area contributed by atoms with Gasteiger partial charge in [0, 0.05) is 0 Å². The number of rotatable bonds is 3. The van der Waals surface area contributed by atoms with Gasteiger partial charge in [-0.15, -0.1) is 0 Å². The first-order chi connectivity index (χ1) is 11.3. The number of hydrogen-bond acceptors (Lipinski definition) is 5. The maximum absolute atomic E-state index is 14.1. The quantitative estimate of drug-likeness (QED) is 0.758. The minimum Gasteiger partial charge on any atom is -0.444 e. The van der Waals surface area contributed by atoms with E-state index in [1.807, 2.05) is 0 Å². The van der Waals surface area contributed by atoms with Gasteiger partial charge in [-0.25, -0.2) is 13.6 Å². The highest BCUT2D eigenvalue weighted by Gasteiger charge is 2.53. The second-order valence-corrected chi connectivity index (χ2v) is 8.55. The van der Waals surface area contributed by atoms with E-state index in [1.54, 1.807) is 27.7 Å². The minimum atomic E-state index is -4.37. The molecule has 140 valence electrons. The summed E-state index contributed by atoms with van der Waals surface area (Å²) in [5, 5.41) is 0. The molecule has 0 N–H and O–H groups in total. The number of alkyl halides is 2. The zero-order valence-corrected chi connectivity index (χ0v) is 15.3. The molecule has 1 aliphatic rings. The molecule has 25 heavy (non-hydrogen) atoms. The van der Waals surface area contributed by atoms with Crippen LogP contribution in [0.4, 0.5) is 13.6 Å². The number of aryl methyl sites for hydroxylation is 1. The molecule has 1 unspecified atom stereocenters. The predicted molar refractivity (Wildman–Crippen MR) is 86.0 cm³/mol. The lowest BCUT2D eigenvalue weighted by atomic mass is 10.2. The van der Waals surface area contributed by atoms with Crippen molar-refractivity contribution in [1.29, 1.82) is 0 Å². The first-order valence-corrected chi connectivity index (χ1v) is 9.07. The van der Waals surface area contributed by atoms with Gasteiger partial charge in [0.05, 0.1) is 18.0 Å². The van der Waals surface area contributed by atoms with E-state index in [-0.39, 0.29) is 4.90 Å². The van der Waals surface area contributed by atoms with Gasteiger partial charge in [0.1, 0.15) is 5.60 Å². The minimum absolute atomic E-state index is 0.218. The molecule has 1 saturated heterocycles. The first kappa shape index (κ1) is 19.6. The van der Waals surface area contributed by atoms with Gasteiger partial charge >= 0.3 is 6.09 Å². The standard InChI is InChI=1S/C16H21F2NO5S/c1-11-5-7-12(8-6-11)25(21,22)24-13-9-19(10-16(13,17)18)14(20)23-15(2,3)4/h5-8,13H,9-10H2,1-4H3. The van der Waals surface area contributed by atoms with Crippen molar-refractivity contribution in [3.63, 3.8) is 0 Å². The van der Waals surface area contributed by atoms with Crippen LogP contribution >= 0.6 is 0 Å². The summed E-state index contributed by atoms with van der Waals surface area (Å²) in [5.74, 6) is -3.51. The van der Waals surface area contributed by atoms with E-state index in [9.17, 15) is 22.0 Å². The molecular weight excluding hydrogens is 356 g/mol. The van der Waals surface area contributed by atoms with Crippen molar-refractivity contribution in [1.82, 2.24) is 4.90 Å². The van der Waals surface area contributed by atoms with E-state index >= 15 is 0 Å². The maximum Gasteiger partial charge on any atom is 0.410 e. The number of benzene rings is 1. The summed E-state index contributed by atoms with van der Waals surface area (Å²) < 4.78 is 62.4. The van der Waals surface area contributed by atoms with E-state index in [0.717, 1.165) is 10.5 Å². The van der Waals surface area contributed by atoms with Crippen LogP contribution in [0.1, 0.15) is 26.3 Å². The van der Waals surface area contributed by atoms with E-state index < -0.39 is 46.9 Å². The van der Waals surface area contributed by atoms with E-state index in [4.69, 9.17) is 8.92 Å². The average Bonchev–Trinajstić information content (AvgIpc) is 2.72. The topological polar surface area (TPSA) is 72.9 Å². The summed E-state index contributed by atoms with van der Waals surface area (Å²) in [6.07, 6.45) is -2.91. The molecule has 1 fully saturated rings. The summed E-state index contributed by atoms with van der Waals surface area (Å²) >= 11 is 0. The Morgan fingerprint density at radius 1 is 1.24 bits per heavy atom. The van der Waals surface area contributed by atoms with Crippen LogP contribution in [0, 0.1) is 6.92 Å². The zero-order chi connectivity index (χ0) is 19.0. The highest BCUT2D eigenvalue weighted by Crippen LogP contribution is 2.33. The number of hydrogen-bond donors (Lipinski definition) is 0. The molecule has 9 heteroatoms. The lowest BCUT2D eigenvalue weighted by Crippen LogP contribution is -2.36. The van der Waals surface area contributed by atoms with Crippen LogP contribution < -0.4 is 0 Å². The number of amides is 1. The molecule has 0 saturated carbocycles.